The number of methoxy groups -OCH3 is 1. The van der Waals surface area contributed by atoms with E-state index in [0.717, 1.165) is 28.5 Å². The summed E-state index contributed by atoms with van der Waals surface area (Å²) in [6, 6.07) is 18.5. The predicted octanol–water partition coefficient (Wildman–Crippen LogP) is 5.56. The molecule has 6 nitrogen and oxygen atoms in total. The number of aryl methyl sites for hydroxylation is 2. The van der Waals surface area contributed by atoms with Crippen molar-refractivity contribution < 1.29 is 18.7 Å². The lowest BCUT2D eigenvalue weighted by Gasteiger charge is -2.27. The van der Waals surface area contributed by atoms with Crippen LogP contribution in [0.5, 0.6) is 0 Å². The largest absolute Gasteiger partial charge is 0.383 e. The van der Waals surface area contributed by atoms with Crippen LogP contribution in [0.1, 0.15) is 45.1 Å². The van der Waals surface area contributed by atoms with Gasteiger partial charge in [0.25, 0.3) is 11.8 Å². The maximum absolute atomic E-state index is 13.8. The topological polar surface area (TPSA) is 62.2 Å². The van der Waals surface area contributed by atoms with Crippen LogP contribution in [0.2, 0.25) is 5.02 Å². The van der Waals surface area contributed by atoms with Gasteiger partial charge in [0.15, 0.2) is 0 Å². The quantitative estimate of drug-likeness (QED) is 0.390. The Morgan fingerprint density at radius 2 is 1.84 bits per heavy atom. The maximum Gasteiger partial charge on any atom is 0.262 e. The van der Waals surface area contributed by atoms with E-state index in [-0.39, 0.29) is 37.2 Å². The number of hydrogen-bond acceptors (Lipinski definition) is 4. The van der Waals surface area contributed by atoms with Crippen molar-refractivity contribution in [2.75, 3.05) is 26.8 Å². The van der Waals surface area contributed by atoms with Crippen molar-refractivity contribution in [3.05, 3.63) is 105 Å². The molecule has 2 amide bonds. The maximum atomic E-state index is 13.8. The molecule has 3 aromatic carbocycles. The van der Waals surface area contributed by atoms with Gasteiger partial charge >= 0.3 is 0 Å². The van der Waals surface area contributed by atoms with Crippen molar-refractivity contribution in [3.63, 3.8) is 0 Å². The van der Waals surface area contributed by atoms with Crippen LogP contribution in [0, 0.1) is 19.7 Å². The molecule has 0 unspecified atom stereocenters. The van der Waals surface area contributed by atoms with Crippen LogP contribution in [0.15, 0.2) is 71.8 Å². The second kappa shape index (κ2) is 11.7. The van der Waals surface area contributed by atoms with Crippen LogP contribution < -0.4 is 0 Å². The number of rotatable bonds is 8. The second-order valence-electron chi connectivity index (χ2n) is 9.09. The molecule has 3 aromatic rings. The SMILES string of the molecule is COCCN(CC(=O)N1N=C(c2ccc(C)c(C)c2)C[C@H]1c1ccc(Cl)cc1)C(=O)c1cccc(F)c1. The highest BCUT2D eigenvalue weighted by Gasteiger charge is 2.34. The summed E-state index contributed by atoms with van der Waals surface area (Å²) < 4.78 is 18.9. The smallest absolute Gasteiger partial charge is 0.262 e. The summed E-state index contributed by atoms with van der Waals surface area (Å²) in [4.78, 5) is 28.2. The summed E-state index contributed by atoms with van der Waals surface area (Å²) in [6.45, 7) is 4.26. The second-order valence-corrected chi connectivity index (χ2v) is 9.52. The van der Waals surface area contributed by atoms with E-state index in [1.54, 1.807) is 12.1 Å². The average molecular weight is 522 g/mol. The molecule has 192 valence electrons. The first-order valence-electron chi connectivity index (χ1n) is 12.0. The standard InChI is InChI=1S/C29H29ClFN3O3/c1-19-7-8-22(15-20(19)2)26-17-27(21-9-11-24(30)12-10-21)34(32-26)28(35)18-33(13-14-37-3)29(36)23-5-4-6-25(31)16-23/h4-12,15-16,27H,13-14,17-18H2,1-3H3/t27-/m0/s1. The molecule has 0 saturated carbocycles. The third kappa shape index (κ3) is 6.24. The molecule has 0 radical (unpaired) electrons. The predicted molar refractivity (Wildman–Crippen MR) is 142 cm³/mol. The van der Waals surface area contributed by atoms with Crippen LogP contribution in [-0.4, -0.2) is 54.2 Å². The number of halogens is 2. The molecule has 8 heteroatoms. The Morgan fingerprint density at radius 3 is 2.51 bits per heavy atom. The number of benzene rings is 3. The summed E-state index contributed by atoms with van der Waals surface area (Å²) in [5.74, 6) is -1.32. The average Bonchev–Trinajstić information content (AvgIpc) is 3.34. The third-order valence-electron chi connectivity index (χ3n) is 6.51. The van der Waals surface area contributed by atoms with E-state index in [9.17, 15) is 14.0 Å². The van der Waals surface area contributed by atoms with Crippen molar-refractivity contribution in [1.29, 1.82) is 0 Å². The molecule has 1 heterocycles. The van der Waals surface area contributed by atoms with Gasteiger partial charge in [-0.15, -0.1) is 0 Å². The third-order valence-corrected chi connectivity index (χ3v) is 6.76. The Bertz CT molecular complexity index is 1330. The van der Waals surface area contributed by atoms with Crippen LogP contribution >= 0.6 is 11.6 Å². The van der Waals surface area contributed by atoms with Crippen LogP contribution in [0.4, 0.5) is 4.39 Å². The molecule has 1 aliphatic rings. The van der Waals surface area contributed by atoms with E-state index >= 15 is 0 Å². The molecular formula is C29H29ClFN3O3. The molecule has 37 heavy (non-hydrogen) atoms. The Labute approximate surface area is 221 Å². The van der Waals surface area contributed by atoms with Gasteiger partial charge in [0, 0.05) is 30.7 Å². The van der Waals surface area contributed by atoms with E-state index in [1.807, 2.05) is 38.1 Å². The van der Waals surface area contributed by atoms with E-state index in [1.165, 1.54) is 40.8 Å². The number of ether oxygens (including phenoxy) is 1. The lowest BCUT2D eigenvalue weighted by molar-refractivity contribution is -0.133. The lowest BCUT2D eigenvalue weighted by atomic mass is 9.96. The Morgan fingerprint density at radius 1 is 1.08 bits per heavy atom. The Kier molecular flexibility index (Phi) is 8.36. The summed E-state index contributed by atoms with van der Waals surface area (Å²) in [6.07, 6.45) is 0.520. The zero-order valence-corrected chi connectivity index (χ0v) is 21.8. The number of hydrogen-bond donors (Lipinski definition) is 0. The van der Waals surface area contributed by atoms with Gasteiger partial charge in [-0.25, -0.2) is 9.40 Å². The number of nitrogens with zero attached hydrogens (tertiary/aromatic N) is 3. The molecule has 0 N–H and O–H groups in total. The molecule has 1 aliphatic heterocycles. The zero-order chi connectivity index (χ0) is 26.5. The molecular weight excluding hydrogens is 493 g/mol. The molecule has 0 aromatic heterocycles. The first kappa shape index (κ1) is 26.5. The van der Waals surface area contributed by atoms with Crippen molar-refractivity contribution in [3.8, 4) is 0 Å². The van der Waals surface area contributed by atoms with E-state index in [4.69, 9.17) is 21.4 Å². The molecule has 0 spiro atoms. The van der Waals surface area contributed by atoms with Gasteiger partial charge in [-0.05, 0) is 72.5 Å². The van der Waals surface area contributed by atoms with Crippen LogP contribution in [0.25, 0.3) is 0 Å². The van der Waals surface area contributed by atoms with E-state index in [2.05, 4.69) is 6.07 Å². The molecule has 0 saturated heterocycles. The summed E-state index contributed by atoms with van der Waals surface area (Å²) >= 11 is 6.10. The highest BCUT2D eigenvalue weighted by atomic mass is 35.5. The van der Waals surface area contributed by atoms with Crippen LogP contribution in [0.3, 0.4) is 0 Å². The summed E-state index contributed by atoms with van der Waals surface area (Å²) in [5, 5.41) is 6.78. The molecule has 0 fully saturated rings. The van der Waals surface area contributed by atoms with Crippen LogP contribution in [-0.2, 0) is 9.53 Å². The minimum absolute atomic E-state index is 0.166. The lowest BCUT2D eigenvalue weighted by Crippen LogP contribution is -2.42. The minimum Gasteiger partial charge on any atom is -0.383 e. The summed E-state index contributed by atoms with van der Waals surface area (Å²) in [7, 11) is 1.52. The first-order chi connectivity index (χ1) is 17.8. The normalized spacial score (nSPS) is 15.0. The minimum atomic E-state index is -0.520. The molecule has 0 aliphatic carbocycles. The fourth-order valence-corrected chi connectivity index (χ4v) is 4.40. The van der Waals surface area contributed by atoms with Gasteiger partial charge in [-0.1, -0.05) is 41.9 Å². The van der Waals surface area contributed by atoms with Crippen molar-refractivity contribution >= 4 is 29.1 Å². The van der Waals surface area contributed by atoms with Gasteiger partial charge in [-0.2, -0.15) is 5.10 Å². The zero-order valence-electron chi connectivity index (χ0n) is 21.1. The number of carbonyl (C=O) groups is 2. The number of hydrazone groups is 1. The summed E-state index contributed by atoms with van der Waals surface area (Å²) in [5.41, 5.74) is 5.11. The van der Waals surface area contributed by atoms with Crippen molar-refractivity contribution in [2.24, 2.45) is 5.10 Å². The fourth-order valence-electron chi connectivity index (χ4n) is 4.27. The van der Waals surface area contributed by atoms with Gasteiger partial charge < -0.3 is 9.64 Å². The van der Waals surface area contributed by atoms with Gasteiger partial charge in [0.1, 0.15) is 12.4 Å². The number of carbonyl (C=O) groups excluding carboxylic acids is 2. The Balaban J connectivity index is 1.64. The Hall–Kier alpha value is -3.55. The number of amides is 2. The van der Waals surface area contributed by atoms with E-state index < -0.39 is 11.7 Å². The van der Waals surface area contributed by atoms with Gasteiger partial charge in [0.2, 0.25) is 0 Å². The van der Waals surface area contributed by atoms with Gasteiger partial charge in [0.05, 0.1) is 18.4 Å². The highest BCUT2D eigenvalue weighted by molar-refractivity contribution is 6.30. The fraction of sp³-hybridized carbons (Fsp3) is 0.276. The van der Waals surface area contributed by atoms with Crippen molar-refractivity contribution in [1.82, 2.24) is 9.91 Å². The molecule has 0 bridgehead atoms. The first-order valence-corrected chi connectivity index (χ1v) is 12.4. The molecule has 4 rings (SSSR count). The highest BCUT2D eigenvalue weighted by Crippen LogP contribution is 2.34. The monoisotopic (exact) mass is 521 g/mol. The van der Waals surface area contributed by atoms with Crippen molar-refractivity contribution in [2.45, 2.75) is 26.3 Å². The van der Waals surface area contributed by atoms with Gasteiger partial charge in [-0.3, -0.25) is 9.59 Å². The molecule has 1 atom stereocenters. The van der Waals surface area contributed by atoms with E-state index in [0.29, 0.717) is 11.4 Å².